The predicted octanol–water partition coefficient (Wildman–Crippen LogP) is 3.05. The van der Waals surface area contributed by atoms with Crippen molar-refractivity contribution in [2.45, 2.75) is 17.9 Å². The van der Waals surface area contributed by atoms with E-state index in [2.05, 4.69) is 30.6 Å². The number of hydrogen-bond acceptors (Lipinski definition) is 6. The largest absolute Gasteiger partial charge is 0.377 e. The summed E-state index contributed by atoms with van der Waals surface area (Å²) in [5, 5.41) is 0. The summed E-state index contributed by atoms with van der Waals surface area (Å²) in [5.74, 6) is -0.351. The minimum atomic E-state index is -4.09. The number of nitrogens with zero attached hydrogens (tertiary/aromatic N) is 3. The molecule has 1 aliphatic rings. The van der Waals surface area contributed by atoms with E-state index in [0.717, 1.165) is 0 Å². The molecule has 10 heteroatoms. The lowest BCUT2D eigenvalue weighted by atomic mass is 10.1. The van der Waals surface area contributed by atoms with Gasteiger partial charge in [-0.2, -0.15) is 0 Å². The van der Waals surface area contributed by atoms with Crippen molar-refractivity contribution in [1.29, 1.82) is 0 Å². The molecule has 1 aliphatic heterocycles. The SMILES string of the molecule is C[C@H]1COCCN1C(=O)c1ccc(Br)cc1S(=O)(=O)Nc1cccc2nccnc12. The van der Waals surface area contributed by atoms with Crippen LogP contribution in [0.3, 0.4) is 0 Å². The minimum Gasteiger partial charge on any atom is -0.377 e. The molecule has 1 aromatic heterocycles. The zero-order chi connectivity index (χ0) is 21.3. The van der Waals surface area contributed by atoms with Crippen molar-refractivity contribution in [2.24, 2.45) is 0 Å². The summed E-state index contributed by atoms with van der Waals surface area (Å²) in [4.78, 5) is 23.1. The monoisotopic (exact) mass is 490 g/mol. The number of benzene rings is 2. The molecule has 2 aromatic carbocycles. The number of rotatable bonds is 4. The average Bonchev–Trinajstić information content (AvgIpc) is 2.74. The lowest BCUT2D eigenvalue weighted by Gasteiger charge is -2.33. The van der Waals surface area contributed by atoms with E-state index >= 15 is 0 Å². The number of para-hydroxylation sites is 1. The number of carbonyl (C=O) groups excluding carboxylic acids is 1. The first-order valence-corrected chi connectivity index (χ1v) is 11.6. The second-order valence-corrected chi connectivity index (χ2v) is 9.46. The smallest absolute Gasteiger partial charge is 0.262 e. The summed E-state index contributed by atoms with van der Waals surface area (Å²) in [5.41, 5.74) is 1.38. The first kappa shape index (κ1) is 20.7. The second kappa shape index (κ2) is 8.29. The molecule has 4 rings (SSSR count). The van der Waals surface area contributed by atoms with Gasteiger partial charge in [-0.15, -0.1) is 0 Å². The van der Waals surface area contributed by atoms with Crippen LogP contribution in [0.2, 0.25) is 0 Å². The molecule has 0 radical (unpaired) electrons. The fourth-order valence-corrected chi connectivity index (χ4v) is 5.16. The van der Waals surface area contributed by atoms with Crippen LogP contribution in [-0.4, -0.2) is 55.0 Å². The molecule has 1 N–H and O–H groups in total. The van der Waals surface area contributed by atoms with Gasteiger partial charge in [-0.1, -0.05) is 22.0 Å². The number of morpholine rings is 1. The van der Waals surface area contributed by atoms with Gasteiger partial charge in [0.15, 0.2) is 0 Å². The quantitative estimate of drug-likeness (QED) is 0.602. The molecule has 0 bridgehead atoms. The Balaban J connectivity index is 1.75. The van der Waals surface area contributed by atoms with E-state index in [1.807, 2.05) is 6.92 Å². The van der Waals surface area contributed by atoms with Crippen LogP contribution >= 0.6 is 15.9 Å². The summed E-state index contributed by atoms with van der Waals surface area (Å²) < 4.78 is 35.1. The molecule has 2 heterocycles. The number of ether oxygens (including phenoxy) is 1. The van der Waals surface area contributed by atoms with Crippen molar-refractivity contribution >= 4 is 48.6 Å². The van der Waals surface area contributed by atoms with Crippen molar-refractivity contribution in [3.63, 3.8) is 0 Å². The Kier molecular flexibility index (Phi) is 5.72. The van der Waals surface area contributed by atoms with Gasteiger partial charge in [-0.25, -0.2) is 8.42 Å². The number of halogens is 1. The molecule has 1 saturated heterocycles. The minimum absolute atomic E-state index is 0.103. The number of carbonyl (C=O) groups is 1. The van der Waals surface area contributed by atoms with Crippen LogP contribution in [0.15, 0.2) is 58.2 Å². The molecule has 156 valence electrons. The van der Waals surface area contributed by atoms with Gasteiger partial charge < -0.3 is 9.64 Å². The Morgan fingerprint density at radius 1 is 1.23 bits per heavy atom. The number of fused-ring (bicyclic) bond motifs is 1. The number of nitrogens with one attached hydrogen (secondary N) is 1. The van der Waals surface area contributed by atoms with Crippen LogP contribution in [0.4, 0.5) is 5.69 Å². The summed E-state index contributed by atoms with van der Waals surface area (Å²) in [6, 6.07) is 9.50. The molecule has 1 fully saturated rings. The summed E-state index contributed by atoms with van der Waals surface area (Å²) in [6.07, 6.45) is 3.03. The van der Waals surface area contributed by atoms with Crippen LogP contribution in [-0.2, 0) is 14.8 Å². The molecule has 0 saturated carbocycles. The Morgan fingerprint density at radius 3 is 2.83 bits per heavy atom. The summed E-state index contributed by atoms with van der Waals surface area (Å²) >= 11 is 3.31. The zero-order valence-electron chi connectivity index (χ0n) is 16.1. The van der Waals surface area contributed by atoms with Gasteiger partial charge in [-0.3, -0.25) is 19.5 Å². The van der Waals surface area contributed by atoms with Gasteiger partial charge in [0, 0.05) is 23.4 Å². The van der Waals surface area contributed by atoms with Gasteiger partial charge in [0.05, 0.1) is 36.0 Å². The van der Waals surface area contributed by atoms with E-state index in [0.29, 0.717) is 41.0 Å². The van der Waals surface area contributed by atoms with E-state index in [-0.39, 0.29) is 22.4 Å². The van der Waals surface area contributed by atoms with Gasteiger partial charge in [-0.05, 0) is 37.3 Å². The van der Waals surface area contributed by atoms with E-state index in [9.17, 15) is 13.2 Å². The predicted molar refractivity (Wildman–Crippen MR) is 116 cm³/mol. The third-order valence-corrected chi connectivity index (χ3v) is 6.73. The lowest BCUT2D eigenvalue weighted by Crippen LogP contribution is -2.47. The van der Waals surface area contributed by atoms with Crippen LogP contribution in [0.25, 0.3) is 11.0 Å². The molecule has 0 aliphatic carbocycles. The number of amides is 1. The molecule has 30 heavy (non-hydrogen) atoms. The van der Waals surface area contributed by atoms with Crippen LogP contribution in [0.1, 0.15) is 17.3 Å². The highest BCUT2D eigenvalue weighted by molar-refractivity contribution is 9.10. The van der Waals surface area contributed by atoms with E-state index in [4.69, 9.17) is 4.74 Å². The molecule has 3 aromatic rings. The highest BCUT2D eigenvalue weighted by atomic mass is 79.9. The van der Waals surface area contributed by atoms with Crippen molar-refractivity contribution in [2.75, 3.05) is 24.5 Å². The maximum Gasteiger partial charge on any atom is 0.262 e. The fraction of sp³-hybridized carbons (Fsp3) is 0.250. The maximum absolute atomic E-state index is 13.3. The summed E-state index contributed by atoms with van der Waals surface area (Å²) in [6.45, 7) is 3.11. The van der Waals surface area contributed by atoms with E-state index in [1.54, 1.807) is 29.2 Å². The molecule has 1 amide bonds. The van der Waals surface area contributed by atoms with Gasteiger partial charge in [0.2, 0.25) is 0 Å². The second-order valence-electron chi connectivity index (χ2n) is 6.90. The van der Waals surface area contributed by atoms with Crippen LogP contribution < -0.4 is 4.72 Å². The molecule has 0 unspecified atom stereocenters. The number of hydrogen-bond donors (Lipinski definition) is 1. The first-order valence-electron chi connectivity index (χ1n) is 9.27. The van der Waals surface area contributed by atoms with E-state index < -0.39 is 10.0 Å². The summed E-state index contributed by atoms with van der Waals surface area (Å²) in [7, 11) is -4.09. The standard InChI is InChI=1S/C20H19BrN4O4S/c1-13-12-29-10-9-25(13)20(26)15-6-5-14(21)11-18(15)30(27,28)24-17-4-2-3-16-19(17)23-8-7-22-16/h2-8,11,13,24H,9-10,12H2,1H3/t13-/m0/s1. The van der Waals surface area contributed by atoms with Gasteiger partial charge in [0.25, 0.3) is 15.9 Å². The average molecular weight is 491 g/mol. The lowest BCUT2D eigenvalue weighted by molar-refractivity contribution is 0.00338. The van der Waals surface area contributed by atoms with Gasteiger partial charge in [0.1, 0.15) is 10.4 Å². The molecule has 0 spiro atoms. The highest BCUT2D eigenvalue weighted by Crippen LogP contribution is 2.28. The zero-order valence-corrected chi connectivity index (χ0v) is 18.5. The molecular weight excluding hydrogens is 472 g/mol. The maximum atomic E-state index is 13.3. The van der Waals surface area contributed by atoms with Crippen molar-refractivity contribution < 1.29 is 17.9 Å². The topological polar surface area (TPSA) is 101 Å². The van der Waals surface area contributed by atoms with Crippen molar-refractivity contribution in [3.05, 3.63) is 58.8 Å². The molecular formula is C20H19BrN4O4S. The van der Waals surface area contributed by atoms with E-state index in [1.165, 1.54) is 24.5 Å². The van der Waals surface area contributed by atoms with Crippen LogP contribution in [0.5, 0.6) is 0 Å². The third kappa shape index (κ3) is 4.03. The van der Waals surface area contributed by atoms with Crippen molar-refractivity contribution in [3.8, 4) is 0 Å². The Hall–Kier alpha value is -2.56. The Bertz CT molecular complexity index is 1210. The third-order valence-electron chi connectivity index (χ3n) is 4.84. The van der Waals surface area contributed by atoms with Crippen molar-refractivity contribution in [1.82, 2.24) is 14.9 Å². The van der Waals surface area contributed by atoms with Gasteiger partial charge >= 0.3 is 0 Å². The Labute approximate surface area is 182 Å². The number of sulfonamides is 1. The fourth-order valence-electron chi connectivity index (χ4n) is 3.35. The first-order chi connectivity index (χ1) is 14.4. The molecule has 8 nitrogen and oxygen atoms in total. The Morgan fingerprint density at radius 2 is 2.03 bits per heavy atom. The molecule has 1 atom stereocenters. The normalized spacial score (nSPS) is 17.1. The number of aromatic nitrogens is 2. The highest BCUT2D eigenvalue weighted by Gasteiger charge is 2.30. The number of anilines is 1. The van der Waals surface area contributed by atoms with Crippen LogP contribution in [0, 0.1) is 0 Å².